The molecule has 0 unspecified atom stereocenters. The number of unbranched alkanes of at least 4 members (excludes halogenated alkanes) is 1. The highest BCUT2D eigenvalue weighted by atomic mass is 16.1. The predicted molar refractivity (Wildman–Crippen MR) is 56.2 cm³/mol. The molecule has 1 nitrogen and oxygen atoms in total. The van der Waals surface area contributed by atoms with Crippen molar-refractivity contribution in [2.75, 3.05) is 0 Å². The van der Waals surface area contributed by atoms with E-state index in [1.807, 2.05) is 31.2 Å². The van der Waals surface area contributed by atoms with Gasteiger partial charge in [0.15, 0.2) is 0 Å². The quantitative estimate of drug-likeness (QED) is 0.210. The fourth-order valence-electron chi connectivity index (χ4n) is 0.654. The van der Waals surface area contributed by atoms with Crippen LogP contribution >= 0.6 is 0 Å². The van der Waals surface area contributed by atoms with Crippen LogP contribution in [0.4, 0.5) is 0 Å². The number of carbonyl (C=O) groups is 1. The Kier molecular flexibility index (Phi) is 9.20. The molecule has 0 bridgehead atoms. The van der Waals surface area contributed by atoms with E-state index >= 15 is 0 Å². The highest BCUT2D eigenvalue weighted by Gasteiger charge is 1.72. The minimum Gasteiger partial charge on any atom is -0.299 e. The van der Waals surface area contributed by atoms with E-state index in [4.69, 9.17) is 0 Å². The topological polar surface area (TPSA) is 17.1 Å². The van der Waals surface area contributed by atoms with E-state index in [1.165, 1.54) is 6.08 Å². The third-order valence-corrected chi connectivity index (χ3v) is 1.22. The monoisotopic (exact) mass is 174 g/mol. The lowest BCUT2D eigenvalue weighted by molar-refractivity contribution is -0.104. The SMILES string of the molecule is CC=CC#CCCC=CC=CC=O. The summed E-state index contributed by atoms with van der Waals surface area (Å²) in [4.78, 5) is 9.86. The average molecular weight is 174 g/mol. The van der Waals surface area contributed by atoms with Crippen LogP contribution in [0, 0.1) is 11.8 Å². The summed E-state index contributed by atoms with van der Waals surface area (Å²) < 4.78 is 0. The maximum absolute atomic E-state index is 9.86. The highest BCUT2D eigenvalue weighted by molar-refractivity contribution is 5.65. The summed E-state index contributed by atoms with van der Waals surface area (Å²) in [6, 6.07) is 0. The molecule has 0 N–H and O–H groups in total. The van der Waals surface area contributed by atoms with E-state index in [2.05, 4.69) is 11.8 Å². The third kappa shape index (κ3) is 10.5. The molecule has 0 spiro atoms. The first-order chi connectivity index (χ1) is 6.41. The van der Waals surface area contributed by atoms with Crippen molar-refractivity contribution in [3.05, 3.63) is 36.5 Å². The largest absolute Gasteiger partial charge is 0.299 e. The molecule has 0 rings (SSSR count). The molecule has 0 fully saturated rings. The van der Waals surface area contributed by atoms with Gasteiger partial charge in [0.2, 0.25) is 0 Å². The van der Waals surface area contributed by atoms with Crippen LogP contribution < -0.4 is 0 Å². The van der Waals surface area contributed by atoms with Crippen LogP contribution in [-0.2, 0) is 4.79 Å². The van der Waals surface area contributed by atoms with Gasteiger partial charge in [0.25, 0.3) is 0 Å². The second-order valence-corrected chi connectivity index (χ2v) is 2.31. The zero-order valence-corrected chi connectivity index (χ0v) is 7.86. The van der Waals surface area contributed by atoms with Gasteiger partial charge in [-0.05, 0) is 25.5 Å². The van der Waals surface area contributed by atoms with Crippen LogP contribution in [0.5, 0.6) is 0 Å². The minimum atomic E-state index is 0.760. The van der Waals surface area contributed by atoms with Crippen molar-refractivity contribution in [1.82, 2.24) is 0 Å². The van der Waals surface area contributed by atoms with Crippen LogP contribution in [-0.4, -0.2) is 6.29 Å². The van der Waals surface area contributed by atoms with Crippen molar-refractivity contribution in [1.29, 1.82) is 0 Å². The first kappa shape index (κ1) is 11.4. The van der Waals surface area contributed by atoms with Crippen LogP contribution in [0.1, 0.15) is 19.8 Å². The number of carbonyl (C=O) groups excluding carboxylic acids is 1. The van der Waals surface area contributed by atoms with Crippen molar-refractivity contribution in [3.63, 3.8) is 0 Å². The van der Waals surface area contributed by atoms with E-state index in [9.17, 15) is 4.79 Å². The lowest BCUT2D eigenvalue weighted by Gasteiger charge is -1.79. The zero-order valence-electron chi connectivity index (χ0n) is 7.86. The summed E-state index contributed by atoms with van der Waals surface area (Å²) in [6.07, 6.45) is 13.3. The lowest BCUT2D eigenvalue weighted by atomic mass is 10.3. The summed E-state index contributed by atoms with van der Waals surface area (Å²) in [5.74, 6) is 5.89. The van der Waals surface area contributed by atoms with Gasteiger partial charge in [-0.3, -0.25) is 4.79 Å². The fraction of sp³-hybridized carbons (Fsp3) is 0.250. The summed E-state index contributed by atoms with van der Waals surface area (Å²) in [7, 11) is 0. The third-order valence-electron chi connectivity index (χ3n) is 1.22. The molecule has 1 heteroatoms. The van der Waals surface area contributed by atoms with Crippen LogP contribution in [0.2, 0.25) is 0 Å². The molecule has 0 saturated carbocycles. The van der Waals surface area contributed by atoms with Gasteiger partial charge in [-0.25, -0.2) is 0 Å². The summed E-state index contributed by atoms with van der Waals surface area (Å²) in [5.41, 5.74) is 0. The van der Waals surface area contributed by atoms with E-state index in [-0.39, 0.29) is 0 Å². The summed E-state index contributed by atoms with van der Waals surface area (Å²) in [6.45, 7) is 1.94. The molecule has 0 radical (unpaired) electrons. The normalized spacial score (nSPS) is 10.8. The molecule has 0 amide bonds. The number of hydrogen-bond acceptors (Lipinski definition) is 1. The van der Waals surface area contributed by atoms with E-state index < -0.39 is 0 Å². The van der Waals surface area contributed by atoms with Gasteiger partial charge in [0, 0.05) is 6.42 Å². The Balaban J connectivity index is 3.46. The average Bonchev–Trinajstić information content (AvgIpc) is 2.16. The molecule has 0 aliphatic heterocycles. The molecular weight excluding hydrogens is 160 g/mol. The molecule has 0 aromatic heterocycles. The molecule has 0 aliphatic rings. The molecule has 0 heterocycles. The minimum absolute atomic E-state index is 0.760. The second kappa shape index (κ2) is 10.5. The van der Waals surface area contributed by atoms with Gasteiger partial charge in [0.05, 0.1) is 0 Å². The van der Waals surface area contributed by atoms with Crippen molar-refractivity contribution in [3.8, 4) is 11.8 Å². The van der Waals surface area contributed by atoms with Gasteiger partial charge in [-0.15, -0.1) is 0 Å². The van der Waals surface area contributed by atoms with E-state index in [1.54, 1.807) is 6.08 Å². The number of rotatable bonds is 4. The standard InChI is InChI=1S/C12H14O/c1-2-3-4-5-6-7-8-9-10-11-12-13/h2-3,8-12H,6-7H2,1H3. The van der Waals surface area contributed by atoms with Crippen LogP contribution in [0.25, 0.3) is 0 Å². The first-order valence-corrected chi connectivity index (χ1v) is 4.28. The van der Waals surface area contributed by atoms with E-state index in [0.29, 0.717) is 0 Å². The van der Waals surface area contributed by atoms with Crippen molar-refractivity contribution >= 4 is 6.29 Å². The maximum atomic E-state index is 9.86. The molecule has 0 aromatic carbocycles. The van der Waals surface area contributed by atoms with Crippen molar-refractivity contribution < 1.29 is 4.79 Å². The Morgan fingerprint density at radius 1 is 1.23 bits per heavy atom. The Morgan fingerprint density at radius 2 is 2.08 bits per heavy atom. The molecule has 13 heavy (non-hydrogen) atoms. The highest BCUT2D eigenvalue weighted by Crippen LogP contribution is 1.89. The van der Waals surface area contributed by atoms with Gasteiger partial charge >= 0.3 is 0 Å². The number of hydrogen-bond donors (Lipinski definition) is 0. The Bertz CT molecular complexity index is 259. The zero-order chi connectivity index (χ0) is 9.78. The Morgan fingerprint density at radius 3 is 2.77 bits per heavy atom. The van der Waals surface area contributed by atoms with E-state index in [0.717, 1.165) is 19.1 Å². The lowest BCUT2D eigenvalue weighted by Crippen LogP contribution is -1.64. The summed E-state index contributed by atoms with van der Waals surface area (Å²) in [5, 5.41) is 0. The number of aldehydes is 1. The molecule has 0 aromatic rings. The Hall–Kier alpha value is -1.55. The van der Waals surface area contributed by atoms with Crippen molar-refractivity contribution in [2.24, 2.45) is 0 Å². The molecule has 0 saturated heterocycles. The number of allylic oxidation sites excluding steroid dienone is 6. The summed E-state index contributed by atoms with van der Waals surface area (Å²) >= 11 is 0. The van der Waals surface area contributed by atoms with Crippen LogP contribution in [0.15, 0.2) is 36.5 Å². The van der Waals surface area contributed by atoms with Gasteiger partial charge < -0.3 is 0 Å². The first-order valence-electron chi connectivity index (χ1n) is 4.28. The smallest absolute Gasteiger partial charge is 0.142 e. The fourth-order valence-corrected chi connectivity index (χ4v) is 0.654. The molecule has 68 valence electrons. The molecule has 0 atom stereocenters. The van der Waals surface area contributed by atoms with Gasteiger partial charge in [-0.1, -0.05) is 36.1 Å². The molecule has 0 aliphatic carbocycles. The van der Waals surface area contributed by atoms with Crippen molar-refractivity contribution in [2.45, 2.75) is 19.8 Å². The molecular formula is C12H14O. The van der Waals surface area contributed by atoms with Gasteiger partial charge in [0.1, 0.15) is 6.29 Å². The van der Waals surface area contributed by atoms with Crippen LogP contribution in [0.3, 0.4) is 0 Å². The second-order valence-electron chi connectivity index (χ2n) is 2.31. The van der Waals surface area contributed by atoms with Gasteiger partial charge in [-0.2, -0.15) is 0 Å². The Labute approximate surface area is 79.8 Å². The maximum Gasteiger partial charge on any atom is 0.142 e. The predicted octanol–water partition coefficient (Wildman–Crippen LogP) is 2.66.